The number of nitrogens with one attached hydrogen (secondary N) is 1. The minimum atomic E-state index is -0.650. The molecule has 92 valence electrons. The van der Waals surface area contributed by atoms with Gasteiger partial charge in [0.15, 0.2) is 0 Å². The fraction of sp³-hybridized carbons (Fsp3) is 0.500. The normalized spacial score (nSPS) is 22.5. The topological polar surface area (TPSA) is 49.3 Å². The van der Waals surface area contributed by atoms with Crippen LogP contribution < -0.4 is 5.32 Å². The molecule has 1 saturated carbocycles. The molecule has 2 unspecified atom stereocenters. The summed E-state index contributed by atoms with van der Waals surface area (Å²) in [6.45, 7) is 5.84. The van der Waals surface area contributed by atoms with Crippen LogP contribution in [0.4, 0.5) is 0 Å². The Morgan fingerprint density at radius 3 is 2.82 bits per heavy atom. The second-order valence-corrected chi connectivity index (χ2v) is 5.00. The summed E-state index contributed by atoms with van der Waals surface area (Å²) in [4.78, 5) is 10.7. The number of carbonyl (C=O) groups is 1. The minimum absolute atomic E-state index is 0.110. The Hall–Kier alpha value is -1.35. The Morgan fingerprint density at radius 2 is 2.24 bits per heavy atom. The fourth-order valence-corrected chi connectivity index (χ4v) is 2.21. The number of carboxylic acids is 1. The summed E-state index contributed by atoms with van der Waals surface area (Å²) in [7, 11) is 0. The van der Waals surface area contributed by atoms with Crippen LogP contribution in [0.5, 0.6) is 0 Å². The van der Waals surface area contributed by atoms with Crippen LogP contribution in [0.3, 0.4) is 0 Å². The van der Waals surface area contributed by atoms with Gasteiger partial charge < -0.3 is 10.4 Å². The largest absolute Gasteiger partial charge is 0.481 e. The predicted molar refractivity (Wildman–Crippen MR) is 66.9 cm³/mol. The molecule has 0 bridgehead atoms. The molecule has 1 aromatic carbocycles. The van der Waals surface area contributed by atoms with Crippen molar-refractivity contribution in [3.63, 3.8) is 0 Å². The van der Waals surface area contributed by atoms with Gasteiger partial charge in [-0.15, -0.1) is 0 Å². The number of rotatable bonds is 5. The van der Waals surface area contributed by atoms with Crippen molar-refractivity contribution in [3.8, 4) is 0 Å². The van der Waals surface area contributed by atoms with Gasteiger partial charge in [-0.3, -0.25) is 4.79 Å². The van der Waals surface area contributed by atoms with Gasteiger partial charge in [-0.25, -0.2) is 0 Å². The lowest BCUT2D eigenvalue weighted by molar-refractivity contribution is -0.138. The lowest BCUT2D eigenvalue weighted by Gasteiger charge is -2.08. The van der Waals surface area contributed by atoms with Gasteiger partial charge in [0.2, 0.25) is 0 Å². The number of aliphatic carboxylic acids is 1. The van der Waals surface area contributed by atoms with Crippen LogP contribution >= 0.6 is 0 Å². The summed E-state index contributed by atoms with van der Waals surface area (Å²) in [6.07, 6.45) is 0.829. The van der Waals surface area contributed by atoms with Gasteiger partial charge in [-0.2, -0.15) is 0 Å². The van der Waals surface area contributed by atoms with E-state index in [0.717, 1.165) is 19.5 Å². The van der Waals surface area contributed by atoms with E-state index in [2.05, 4.69) is 37.4 Å². The molecule has 1 fully saturated rings. The molecule has 0 heterocycles. The van der Waals surface area contributed by atoms with E-state index >= 15 is 0 Å². The molecule has 1 aliphatic carbocycles. The lowest BCUT2D eigenvalue weighted by Crippen LogP contribution is -2.18. The fourth-order valence-electron chi connectivity index (χ4n) is 2.21. The average Bonchev–Trinajstić information content (AvgIpc) is 3.01. The standard InChI is InChI=1S/C14H19NO2/c1-9-3-4-11(10(2)5-9)7-15-8-12-6-13(12)14(16)17/h3-5,12-13,15H,6-8H2,1-2H3,(H,16,17). The number of hydrogen-bond donors (Lipinski definition) is 2. The van der Waals surface area contributed by atoms with E-state index in [-0.39, 0.29) is 5.92 Å². The van der Waals surface area contributed by atoms with Crippen LogP contribution in [0.2, 0.25) is 0 Å². The van der Waals surface area contributed by atoms with E-state index in [1.165, 1.54) is 16.7 Å². The summed E-state index contributed by atoms with van der Waals surface area (Å²) in [6, 6.07) is 6.43. The smallest absolute Gasteiger partial charge is 0.306 e. The maximum absolute atomic E-state index is 10.7. The summed E-state index contributed by atoms with van der Waals surface area (Å²) in [5, 5.41) is 12.1. The molecule has 3 nitrogen and oxygen atoms in total. The third-order valence-corrected chi connectivity index (χ3v) is 3.46. The van der Waals surface area contributed by atoms with Gasteiger partial charge in [0.05, 0.1) is 5.92 Å². The Bertz CT molecular complexity index is 428. The molecule has 2 N–H and O–H groups in total. The average molecular weight is 233 g/mol. The zero-order valence-electron chi connectivity index (χ0n) is 10.4. The molecule has 0 spiro atoms. The molecule has 2 atom stereocenters. The molecular weight excluding hydrogens is 214 g/mol. The lowest BCUT2D eigenvalue weighted by atomic mass is 10.1. The zero-order valence-corrected chi connectivity index (χ0v) is 10.4. The number of hydrogen-bond acceptors (Lipinski definition) is 2. The van der Waals surface area contributed by atoms with Gasteiger partial charge in [0.1, 0.15) is 0 Å². The first kappa shape index (κ1) is 12.1. The first-order valence-electron chi connectivity index (χ1n) is 6.07. The van der Waals surface area contributed by atoms with Crippen LogP contribution in [0, 0.1) is 25.7 Å². The second-order valence-electron chi connectivity index (χ2n) is 5.00. The van der Waals surface area contributed by atoms with Crippen molar-refractivity contribution in [1.82, 2.24) is 5.32 Å². The Morgan fingerprint density at radius 1 is 1.47 bits per heavy atom. The molecule has 0 amide bonds. The molecule has 2 rings (SSSR count). The van der Waals surface area contributed by atoms with E-state index in [4.69, 9.17) is 5.11 Å². The molecule has 1 aromatic rings. The first-order valence-corrected chi connectivity index (χ1v) is 6.07. The van der Waals surface area contributed by atoms with Crippen LogP contribution in [-0.4, -0.2) is 17.6 Å². The van der Waals surface area contributed by atoms with Crippen LogP contribution in [0.25, 0.3) is 0 Å². The highest BCUT2D eigenvalue weighted by Crippen LogP contribution is 2.37. The van der Waals surface area contributed by atoms with Crippen molar-refractivity contribution in [2.24, 2.45) is 11.8 Å². The van der Waals surface area contributed by atoms with Crippen molar-refractivity contribution in [2.45, 2.75) is 26.8 Å². The zero-order chi connectivity index (χ0) is 12.4. The number of benzene rings is 1. The molecule has 0 saturated heterocycles. The van der Waals surface area contributed by atoms with E-state index < -0.39 is 5.97 Å². The first-order chi connectivity index (χ1) is 8.08. The van der Waals surface area contributed by atoms with Crippen LogP contribution in [0.15, 0.2) is 18.2 Å². The molecule has 0 aromatic heterocycles. The highest BCUT2D eigenvalue weighted by atomic mass is 16.4. The van der Waals surface area contributed by atoms with E-state index in [0.29, 0.717) is 5.92 Å². The molecular formula is C14H19NO2. The van der Waals surface area contributed by atoms with Gasteiger partial charge in [0, 0.05) is 6.54 Å². The van der Waals surface area contributed by atoms with Gasteiger partial charge in [0.25, 0.3) is 0 Å². The number of carboxylic acid groups (broad SMARTS) is 1. The summed E-state index contributed by atoms with van der Waals surface area (Å²) < 4.78 is 0. The third kappa shape index (κ3) is 3.07. The molecule has 0 radical (unpaired) electrons. The predicted octanol–water partition coefficient (Wildman–Crippen LogP) is 2.11. The summed E-state index contributed by atoms with van der Waals surface area (Å²) >= 11 is 0. The highest BCUT2D eigenvalue weighted by molar-refractivity contribution is 5.73. The molecule has 1 aliphatic rings. The van der Waals surface area contributed by atoms with Gasteiger partial charge >= 0.3 is 5.97 Å². The van der Waals surface area contributed by atoms with Crippen molar-refractivity contribution in [3.05, 3.63) is 34.9 Å². The van der Waals surface area contributed by atoms with Gasteiger partial charge in [-0.1, -0.05) is 23.8 Å². The van der Waals surface area contributed by atoms with Crippen molar-refractivity contribution >= 4 is 5.97 Å². The summed E-state index contributed by atoms with van der Waals surface area (Å²) in [5.74, 6) is -0.428. The minimum Gasteiger partial charge on any atom is -0.481 e. The molecule has 3 heteroatoms. The Labute approximate surface area is 102 Å². The van der Waals surface area contributed by atoms with Crippen molar-refractivity contribution < 1.29 is 9.90 Å². The van der Waals surface area contributed by atoms with E-state index in [1.807, 2.05) is 0 Å². The second kappa shape index (κ2) is 4.88. The van der Waals surface area contributed by atoms with E-state index in [9.17, 15) is 4.79 Å². The van der Waals surface area contributed by atoms with Crippen molar-refractivity contribution in [1.29, 1.82) is 0 Å². The Kier molecular flexibility index (Phi) is 3.48. The maximum Gasteiger partial charge on any atom is 0.306 e. The van der Waals surface area contributed by atoms with Crippen LogP contribution in [-0.2, 0) is 11.3 Å². The Balaban J connectivity index is 1.77. The third-order valence-electron chi connectivity index (χ3n) is 3.46. The quantitative estimate of drug-likeness (QED) is 0.819. The number of aryl methyl sites for hydroxylation is 2. The van der Waals surface area contributed by atoms with Crippen LogP contribution in [0.1, 0.15) is 23.1 Å². The summed E-state index contributed by atoms with van der Waals surface area (Å²) in [5.41, 5.74) is 3.87. The molecule has 17 heavy (non-hydrogen) atoms. The van der Waals surface area contributed by atoms with Gasteiger partial charge in [-0.05, 0) is 43.9 Å². The van der Waals surface area contributed by atoms with Crippen molar-refractivity contribution in [2.75, 3.05) is 6.54 Å². The maximum atomic E-state index is 10.7. The monoisotopic (exact) mass is 233 g/mol. The molecule has 0 aliphatic heterocycles. The SMILES string of the molecule is Cc1ccc(CNCC2CC2C(=O)O)c(C)c1. The van der Waals surface area contributed by atoms with E-state index in [1.54, 1.807) is 0 Å². The highest BCUT2D eigenvalue weighted by Gasteiger charge is 2.42.